The van der Waals surface area contributed by atoms with Gasteiger partial charge in [-0.2, -0.15) is 0 Å². The van der Waals surface area contributed by atoms with E-state index in [1.807, 2.05) is 18.2 Å². The molecule has 0 fully saturated rings. The third kappa shape index (κ3) is 3.78. The highest BCUT2D eigenvalue weighted by Crippen LogP contribution is 2.17. The molecule has 1 aromatic carbocycles. The maximum Gasteiger partial charge on any atom is 0.138 e. The first-order valence-corrected chi connectivity index (χ1v) is 7.17. The van der Waals surface area contributed by atoms with Gasteiger partial charge in [0, 0.05) is 9.80 Å². The molecule has 0 atom stereocenters. The summed E-state index contributed by atoms with van der Waals surface area (Å²) in [6, 6.07) is 8.41. The van der Waals surface area contributed by atoms with E-state index in [1.165, 1.54) is 12.1 Å². The Morgan fingerprint density at radius 1 is 1.22 bits per heavy atom. The van der Waals surface area contributed by atoms with E-state index in [0.29, 0.717) is 22.2 Å². The second-order valence-electron chi connectivity index (χ2n) is 3.69. The van der Waals surface area contributed by atoms with Crippen molar-refractivity contribution >= 4 is 31.9 Å². The van der Waals surface area contributed by atoms with Crippen LogP contribution in [0.4, 0.5) is 4.39 Å². The summed E-state index contributed by atoms with van der Waals surface area (Å²) in [6.07, 6.45) is 1.66. The first kappa shape index (κ1) is 13.5. The van der Waals surface area contributed by atoms with Crippen molar-refractivity contribution in [2.45, 2.75) is 11.9 Å². The molecule has 0 amide bonds. The van der Waals surface area contributed by atoms with E-state index in [1.54, 1.807) is 6.20 Å². The zero-order valence-electron chi connectivity index (χ0n) is 9.37. The molecule has 0 spiro atoms. The maximum atomic E-state index is 13.1. The Morgan fingerprint density at radius 2 is 2.06 bits per heavy atom. The lowest BCUT2D eigenvalue weighted by atomic mass is 10.2. The Balaban J connectivity index is 2.01. The number of pyridine rings is 1. The summed E-state index contributed by atoms with van der Waals surface area (Å²) in [5, 5.41) is 0.712. The summed E-state index contributed by atoms with van der Waals surface area (Å²) in [7, 11) is 0. The number of hydrogen-bond acceptors (Lipinski definition) is 2. The largest absolute Gasteiger partial charge is 0.487 e. The third-order valence-corrected chi connectivity index (χ3v) is 3.29. The summed E-state index contributed by atoms with van der Waals surface area (Å²) < 4.78 is 19.4. The van der Waals surface area contributed by atoms with Crippen LogP contribution in [0, 0.1) is 5.82 Å². The number of halogens is 3. The molecule has 0 aliphatic rings. The van der Waals surface area contributed by atoms with Crippen LogP contribution in [0.2, 0.25) is 0 Å². The molecular formula is C13H10Br2FNO. The molecule has 0 bridgehead atoms. The lowest BCUT2D eigenvalue weighted by molar-refractivity contribution is 0.304. The number of alkyl halides is 1. The van der Waals surface area contributed by atoms with Crippen molar-refractivity contribution in [2.75, 3.05) is 0 Å². The van der Waals surface area contributed by atoms with Crippen LogP contribution in [-0.2, 0) is 11.9 Å². The normalized spacial score (nSPS) is 10.4. The number of benzene rings is 1. The molecule has 2 rings (SSSR count). The van der Waals surface area contributed by atoms with Gasteiger partial charge in [-0.25, -0.2) is 4.39 Å². The van der Waals surface area contributed by atoms with Gasteiger partial charge in [0.05, 0.1) is 11.9 Å². The molecule has 0 aliphatic heterocycles. The summed E-state index contributed by atoms with van der Waals surface area (Å²) in [5.74, 6) is 0.385. The molecule has 0 aliphatic carbocycles. The van der Waals surface area contributed by atoms with E-state index >= 15 is 0 Å². The molecule has 1 aromatic heterocycles. The molecule has 1 heterocycles. The smallest absolute Gasteiger partial charge is 0.138 e. The number of rotatable bonds is 4. The predicted octanol–water partition coefficient (Wildman–Crippen LogP) is 4.46. The Kier molecular flexibility index (Phi) is 4.72. The Hall–Kier alpha value is -0.940. The first-order chi connectivity index (χ1) is 8.67. The van der Waals surface area contributed by atoms with E-state index in [4.69, 9.17) is 4.74 Å². The van der Waals surface area contributed by atoms with Gasteiger partial charge >= 0.3 is 0 Å². The van der Waals surface area contributed by atoms with E-state index in [9.17, 15) is 4.39 Å². The lowest BCUT2D eigenvalue weighted by Gasteiger charge is -2.07. The van der Waals surface area contributed by atoms with Gasteiger partial charge in [0.15, 0.2) is 0 Å². The van der Waals surface area contributed by atoms with Crippen LogP contribution < -0.4 is 4.74 Å². The van der Waals surface area contributed by atoms with Crippen LogP contribution in [0.25, 0.3) is 0 Å². The van der Waals surface area contributed by atoms with Crippen molar-refractivity contribution < 1.29 is 9.13 Å². The zero-order chi connectivity index (χ0) is 13.0. The van der Waals surface area contributed by atoms with Gasteiger partial charge in [-0.05, 0) is 35.9 Å². The highest BCUT2D eigenvalue weighted by atomic mass is 79.9. The number of hydrogen-bond donors (Lipinski definition) is 0. The van der Waals surface area contributed by atoms with Gasteiger partial charge in [-0.1, -0.05) is 31.9 Å². The van der Waals surface area contributed by atoms with Crippen molar-refractivity contribution in [1.29, 1.82) is 0 Å². The summed E-state index contributed by atoms with van der Waals surface area (Å²) >= 11 is 6.57. The maximum absolute atomic E-state index is 13.1. The van der Waals surface area contributed by atoms with Gasteiger partial charge in [-0.15, -0.1) is 0 Å². The molecule has 0 saturated heterocycles. The van der Waals surface area contributed by atoms with E-state index in [-0.39, 0.29) is 5.82 Å². The van der Waals surface area contributed by atoms with Gasteiger partial charge in [0.1, 0.15) is 18.2 Å². The van der Waals surface area contributed by atoms with Crippen LogP contribution in [0.5, 0.6) is 5.75 Å². The van der Waals surface area contributed by atoms with Crippen molar-refractivity contribution in [3.63, 3.8) is 0 Å². The van der Waals surface area contributed by atoms with Crippen molar-refractivity contribution in [1.82, 2.24) is 4.98 Å². The van der Waals surface area contributed by atoms with Gasteiger partial charge < -0.3 is 4.74 Å². The third-order valence-electron chi connectivity index (χ3n) is 2.26. The average molecular weight is 375 g/mol. The topological polar surface area (TPSA) is 22.1 Å². The van der Waals surface area contributed by atoms with Crippen LogP contribution in [0.15, 0.2) is 41.0 Å². The first-order valence-electron chi connectivity index (χ1n) is 5.26. The number of aromatic nitrogens is 1. The Bertz CT molecular complexity index is 511. The zero-order valence-corrected chi connectivity index (χ0v) is 12.5. The summed E-state index contributed by atoms with van der Waals surface area (Å²) in [5.41, 5.74) is 1.71. The van der Waals surface area contributed by atoms with Gasteiger partial charge in [0.2, 0.25) is 0 Å². The standard InChI is InChI=1S/C13H10Br2FNO/c14-6-12-1-2-13(7-17-12)18-8-9-3-10(15)5-11(16)4-9/h1-5,7H,6,8H2. The monoisotopic (exact) mass is 373 g/mol. The fourth-order valence-electron chi connectivity index (χ4n) is 1.44. The quantitative estimate of drug-likeness (QED) is 0.737. The predicted molar refractivity (Wildman–Crippen MR) is 75.3 cm³/mol. The Labute approximate surface area is 121 Å². The highest BCUT2D eigenvalue weighted by molar-refractivity contribution is 9.10. The lowest BCUT2D eigenvalue weighted by Crippen LogP contribution is -1.97. The van der Waals surface area contributed by atoms with Crippen LogP contribution in [-0.4, -0.2) is 4.98 Å². The van der Waals surface area contributed by atoms with Crippen molar-refractivity contribution in [3.05, 3.63) is 58.1 Å². The van der Waals surface area contributed by atoms with Crippen LogP contribution >= 0.6 is 31.9 Å². The molecule has 0 radical (unpaired) electrons. The summed E-state index contributed by atoms with van der Waals surface area (Å²) in [6.45, 7) is 0.311. The fourth-order valence-corrected chi connectivity index (χ4v) is 2.28. The van der Waals surface area contributed by atoms with Gasteiger partial charge in [-0.3, -0.25) is 4.98 Å². The molecule has 0 N–H and O–H groups in total. The Morgan fingerprint density at radius 3 is 2.67 bits per heavy atom. The second kappa shape index (κ2) is 6.29. The minimum absolute atomic E-state index is 0.282. The fraction of sp³-hybridized carbons (Fsp3) is 0.154. The van der Waals surface area contributed by atoms with E-state index in [2.05, 4.69) is 36.8 Å². The average Bonchev–Trinajstić information content (AvgIpc) is 2.36. The molecule has 0 unspecified atom stereocenters. The van der Waals surface area contributed by atoms with Gasteiger partial charge in [0.25, 0.3) is 0 Å². The summed E-state index contributed by atoms with van der Waals surface area (Å²) in [4.78, 5) is 4.19. The van der Waals surface area contributed by atoms with Crippen molar-refractivity contribution in [3.8, 4) is 5.75 Å². The van der Waals surface area contributed by atoms with E-state index < -0.39 is 0 Å². The minimum Gasteiger partial charge on any atom is -0.487 e. The molecule has 2 aromatic rings. The molecular weight excluding hydrogens is 365 g/mol. The molecule has 18 heavy (non-hydrogen) atoms. The van der Waals surface area contributed by atoms with Crippen molar-refractivity contribution in [2.24, 2.45) is 0 Å². The molecule has 94 valence electrons. The molecule has 5 heteroatoms. The number of nitrogens with zero attached hydrogens (tertiary/aromatic N) is 1. The number of ether oxygens (including phenoxy) is 1. The SMILES string of the molecule is Fc1cc(Br)cc(COc2ccc(CBr)nc2)c1. The second-order valence-corrected chi connectivity index (χ2v) is 5.16. The molecule has 0 saturated carbocycles. The van der Waals surface area contributed by atoms with Crippen LogP contribution in [0.1, 0.15) is 11.3 Å². The molecule has 2 nitrogen and oxygen atoms in total. The minimum atomic E-state index is -0.282. The van der Waals surface area contributed by atoms with Crippen LogP contribution in [0.3, 0.4) is 0 Å². The van der Waals surface area contributed by atoms with E-state index in [0.717, 1.165) is 11.3 Å². The highest BCUT2D eigenvalue weighted by Gasteiger charge is 2.01.